The van der Waals surface area contributed by atoms with E-state index in [1.165, 1.54) is 6.08 Å². The van der Waals surface area contributed by atoms with Gasteiger partial charge < -0.3 is 15.0 Å². The van der Waals surface area contributed by atoms with Gasteiger partial charge in [0.1, 0.15) is 0 Å². The number of hydrogen-bond acceptors (Lipinski definition) is 3. The first kappa shape index (κ1) is 15.2. The third kappa shape index (κ3) is 4.42. The van der Waals surface area contributed by atoms with Crippen LogP contribution in [-0.2, 0) is 9.53 Å². The minimum Gasteiger partial charge on any atom is -0.377 e. The van der Waals surface area contributed by atoms with Crippen molar-refractivity contribution in [1.29, 1.82) is 0 Å². The minimum absolute atomic E-state index is 0.0804. The smallest absolute Gasteiger partial charge is 0.243 e. The number of methoxy groups -OCH3 is 1. The molecule has 4 heteroatoms. The van der Waals surface area contributed by atoms with Crippen molar-refractivity contribution in [2.24, 2.45) is 0 Å². The van der Waals surface area contributed by atoms with Crippen molar-refractivity contribution < 1.29 is 9.53 Å². The maximum Gasteiger partial charge on any atom is 0.243 e. The molecule has 1 fully saturated rings. The van der Waals surface area contributed by atoms with Gasteiger partial charge in [0.2, 0.25) is 5.91 Å². The Bertz CT molecular complexity index is 305. The fraction of sp³-hybridized carbons (Fsp3) is 0.786. The summed E-state index contributed by atoms with van der Waals surface area (Å²) in [4.78, 5) is 13.8. The van der Waals surface area contributed by atoms with Crippen molar-refractivity contribution in [2.45, 2.75) is 44.8 Å². The fourth-order valence-corrected chi connectivity index (χ4v) is 2.28. The zero-order valence-electron chi connectivity index (χ0n) is 12.1. The lowest BCUT2D eigenvalue weighted by Crippen LogP contribution is -2.54. The van der Waals surface area contributed by atoms with E-state index in [2.05, 4.69) is 37.6 Å². The van der Waals surface area contributed by atoms with Gasteiger partial charge in [-0.05, 0) is 39.7 Å². The molecular weight excluding hydrogens is 228 g/mol. The van der Waals surface area contributed by atoms with Gasteiger partial charge in [-0.3, -0.25) is 4.79 Å². The first-order valence-electron chi connectivity index (χ1n) is 6.52. The highest BCUT2D eigenvalue weighted by Gasteiger charge is 2.32. The molecule has 0 aromatic rings. The quantitative estimate of drug-likeness (QED) is 0.757. The molecule has 0 unspecified atom stereocenters. The van der Waals surface area contributed by atoms with Gasteiger partial charge in [-0.1, -0.05) is 6.58 Å². The maximum absolute atomic E-state index is 11.4. The molecule has 0 aromatic carbocycles. The van der Waals surface area contributed by atoms with Crippen LogP contribution >= 0.6 is 0 Å². The molecule has 1 heterocycles. The van der Waals surface area contributed by atoms with E-state index in [0.717, 1.165) is 32.5 Å². The summed E-state index contributed by atoms with van der Waals surface area (Å²) in [5.74, 6) is -0.0804. The molecule has 1 N–H and O–H groups in total. The molecule has 0 radical (unpaired) electrons. The average molecular weight is 254 g/mol. The van der Waals surface area contributed by atoms with Crippen molar-refractivity contribution in [3.05, 3.63) is 12.7 Å². The van der Waals surface area contributed by atoms with E-state index in [9.17, 15) is 4.79 Å². The van der Waals surface area contributed by atoms with Crippen LogP contribution in [0.4, 0.5) is 0 Å². The van der Waals surface area contributed by atoms with Gasteiger partial charge in [0.05, 0.1) is 5.60 Å². The Balaban J connectivity index is 2.45. The van der Waals surface area contributed by atoms with Crippen molar-refractivity contribution in [3.63, 3.8) is 0 Å². The van der Waals surface area contributed by atoms with Gasteiger partial charge in [0.25, 0.3) is 0 Å². The summed E-state index contributed by atoms with van der Waals surface area (Å²) in [7, 11) is 1.75. The molecule has 1 amide bonds. The fourth-order valence-electron chi connectivity index (χ4n) is 2.28. The van der Waals surface area contributed by atoms with E-state index in [1.54, 1.807) is 7.11 Å². The minimum atomic E-state index is -0.113. The van der Waals surface area contributed by atoms with Crippen LogP contribution in [0.25, 0.3) is 0 Å². The molecule has 0 atom stereocenters. The van der Waals surface area contributed by atoms with Crippen molar-refractivity contribution in [1.82, 2.24) is 10.2 Å². The Morgan fingerprint density at radius 1 is 1.50 bits per heavy atom. The van der Waals surface area contributed by atoms with E-state index in [4.69, 9.17) is 4.74 Å². The SMILES string of the molecule is C=CC(=O)NC1(C)CCN(CC(C)(C)OC)CC1. The lowest BCUT2D eigenvalue weighted by molar-refractivity contribution is -0.118. The zero-order chi connectivity index (χ0) is 13.8. The van der Waals surface area contributed by atoms with Gasteiger partial charge in [-0.15, -0.1) is 0 Å². The number of ether oxygens (including phenoxy) is 1. The predicted molar refractivity (Wildman–Crippen MR) is 73.5 cm³/mol. The predicted octanol–water partition coefficient (Wildman–Crippen LogP) is 1.57. The summed E-state index contributed by atoms with van der Waals surface area (Å²) in [6, 6.07) is 0. The highest BCUT2D eigenvalue weighted by atomic mass is 16.5. The second-order valence-corrected chi connectivity index (χ2v) is 5.99. The standard InChI is InChI=1S/C14H26N2O2/c1-6-12(17)15-14(4)7-9-16(10-8-14)11-13(2,3)18-5/h6H,1,7-11H2,2-5H3,(H,15,17). The maximum atomic E-state index is 11.4. The number of carbonyl (C=O) groups excluding carboxylic acids is 1. The third-order valence-corrected chi connectivity index (χ3v) is 3.73. The number of amides is 1. The second-order valence-electron chi connectivity index (χ2n) is 5.99. The number of rotatable bonds is 5. The third-order valence-electron chi connectivity index (χ3n) is 3.73. The molecule has 1 rings (SSSR count). The Morgan fingerprint density at radius 3 is 2.50 bits per heavy atom. The highest BCUT2D eigenvalue weighted by molar-refractivity contribution is 5.87. The summed E-state index contributed by atoms with van der Waals surface area (Å²) in [5, 5.41) is 3.03. The largest absolute Gasteiger partial charge is 0.377 e. The Kier molecular flexibility index (Phi) is 4.93. The molecule has 1 aliphatic rings. The van der Waals surface area contributed by atoms with E-state index in [-0.39, 0.29) is 17.0 Å². The summed E-state index contributed by atoms with van der Waals surface area (Å²) >= 11 is 0. The lowest BCUT2D eigenvalue weighted by atomic mass is 9.89. The lowest BCUT2D eigenvalue weighted by Gasteiger charge is -2.42. The molecule has 1 saturated heterocycles. The second kappa shape index (κ2) is 5.85. The Labute approximate surface area is 110 Å². The number of nitrogens with one attached hydrogen (secondary N) is 1. The molecular formula is C14H26N2O2. The van der Waals surface area contributed by atoms with Crippen LogP contribution in [0, 0.1) is 0 Å². The molecule has 18 heavy (non-hydrogen) atoms. The van der Waals surface area contributed by atoms with E-state index in [1.807, 2.05) is 0 Å². The number of carbonyl (C=O) groups is 1. The molecule has 0 spiro atoms. The number of likely N-dealkylation sites (tertiary alicyclic amines) is 1. The van der Waals surface area contributed by atoms with Crippen molar-refractivity contribution in [3.8, 4) is 0 Å². The summed E-state index contributed by atoms with van der Waals surface area (Å²) in [6.07, 6.45) is 3.27. The number of hydrogen-bond donors (Lipinski definition) is 1. The van der Waals surface area contributed by atoms with Gasteiger partial charge in [-0.2, -0.15) is 0 Å². The zero-order valence-corrected chi connectivity index (χ0v) is 12.1. The molecule has 104 valence electrons. The van der Waals surface area contributed by atoms with Gasteiger partial charge in [-0.25, -0.2) is 0 Å². The Morgan fingerprint density at radius 2 is 2.06 bits per heavy atom. The van der Waals surface area contributed by atoms with Gasteiger partial charge >= 0.3 is 0 Å². The normalized spacial score (nSPS) is 20.4. The van der Waals surface area contributed by atoms with Gasteiger partial charge in [0.15, 0.2) is 0 Å². The van der Waals surface area contributed by atoms with Crippen LogP contribution < -0.4 is 5.32 Å². The number of nitrogens with zero attached hydrogens (tertiary/aromatic N) is 1. The summed E-state index contributed by atoms with van der Waals surface area (Å²) in [6.45, 7) is 12.7. The van der Waals surface area contributed by atoms with Crippen molar-refractivity contribution >= 4 is 5.91 Å². The highest BCUT2D eigenvalue weighted by Crippen LogP contribution is 2.23. The summed E-state index contributed by atoms with van der Waals surface area (Å²) in [5.41, 5.74) is -0.211. The molecule has 0 aliphatic carbocycles. The molecule has 4 nitrogen and oxygen atoms in total. The van der Waals surface area contributed by atoms with E-state index >= 15 is 0 Å². The van der Waals surface area contributed by atoms with Crippen LogP contribution in [-0.4, -0.2) is 48.7 Å². The van der Waals surface area contributed by atoms with E-state index in [0.29, 0.717) is 0 Å². The molecule has 0 aromatic heterocycles. The number of piperidine rings is 1. The first-order chi connectivity index (χ1) is 8.30. The van der Waals surface area contributed by atoms with Crippen LogP contribution in [0.2, 0.25) is 0 Å². The van der Waals surface area contributed by atoms with Crippen molar-refractivity contribution in [2.75, 3.05) is 26.7 Å². The van der Waals surface area contributed by atoms with Crippen LogP contribution in [0.1, 0.15) is 33.6 Å². The molecule has 0 saturated carbocycles. The molecule has 1 aliphatic heterocycles. The van der Waals surface area contributed by atoms with Gasteiger partial charge in [0, 0.05) is 32.3 Å². The van der Waals surface area contributed by atoms with Crippen LogP contribution in [0.3, 0.4) is 0 Å². The van der Waals surface area contributed by atoms with Crippen LogP contribution in [0.15, 0.2) is 12.7 Å². The topological polar surface area (TPSA) is 41.6 Å². The molecule has 0 bridgehead atoms. The van der Waals surface area contributed by atoms with Crippen LogP contribution in [0.5, 0.6) is 0 Å². The summed E-state index contributed by atoms with van der Waals surface area (Å²) < 4.78 is 5.45. The monoisotopic (exact) mass is 254 g/mol. The van der Waals surface area contributed by atoms with E-state index < -0.39 is 0 Å². The first-order valence-corrected chi connectivity index (χ1v) is 6.52. The average Bonchev–Trinajstić information content (AvgIpc) is 2.32. The Hall–Kier alpha value is -0.870.